The second-order valence-electron chi connectivity index (χ2n) is 7.44. The van der Waals surface area contributed by atoms with Gasteiger partial charge in [-0.25, -0.2) is 9.78 Å². The lowest BCUT2D eigenvalue weighted by Gasteiger charge is -2.18. The van der Waals surface area contributed by atoms with Crippen molar-refractivity contribution in [3.05, 3.63) is 47.9 Å². The quantitative estimate of drug-likeness (QED) is 0.659. The van der Waals surface area contributed by atoms with E-state index in [-0.39, 0.29) is 5.88 Å². The molecule has 0 saturated heterocycles. The first-order valence-electron chi connectivity index (χ1n) is 9.07. The van der Waals surface area contributed by atoms with Crippen LogP contribution in [0.4, 0.5) is 10.7 Å². The summed E-state index contributed by atoms with van der Waals surface area (Å²) in [6.07, 6.45) is 2.75. The molecule has 0 bridgehead atoms. The number of carbonyl (C=O) groups excluding carboxylic acids is 1. The Hall–Kier alpha value is -3.49. The second kappa shape index (κ2) is 8.26. The summed E-state index contributed by atoms with van der Waals surface area (Å²) < 4.78 is 16.9. The number of methoxy groups -OCH3 is 1. The van der Waals surface area contributed by atoms with Crippen LogP contribution in [0.15, 0.2) is 41.2 Å². The van der Waals surface area contributed by atoms with Crippen molar-refractivity contribution in [1.82, 2.24) is 15.2 Å². The Balaban J connectivity index is 1.65. The van der Waals surface area contributed by atoms with Crippen molar-refractivity contribution in [2.24, 2.45) is 0 Å². The average molecular weight is 398 g/mol. The molecule has 0 atom stereocenters. The van der Waals surface area contributed by atoms with E-state index in [0.717, 1.165) is 22.4 Å². The first-order valence-corrected chi connectivity index (χ1v) is 9.07. The Morgan fingerprint density at radius 3 is 2.59 bits per heavy atom. The normalized spacial score (nSPS) is 11.2. The molecule has 1 amide bonds. The molecule has 0 spiro atoms. The summed E-state index contributed by atoms with van der Waals surface area (Å²) in [7, 11) is 1.54. The third-order valence-electron chi connectivity index (χ3n) is 3.88. The van der Waals surface area contributed by atoms with E-state index >= 15 is 0 Å². The Morgan fingerprint density at radius 2 is 1.97 bits per heavy atom. The van der Waals surface area contributed by atoms with Gasteiger partial charge in [-0.3, -0.25) is 9.84 Å². The van der Waals surface area contributed by atoms with Crippen molar-refractivity contribution in [3.8, 4) is 17.1 Å². The van der Waals surface area contributed by atoms with Crippen molar-refractivity contribution in [1.29, 1.82) is 0 Å². The van der Waals surface area contributed by atoms with Crippen LogP contribution in [-0.4, -0.2) is 34.0 Å². The monoisotopic (exact) mass is 398 g/mol. The zero-order valence-electron chi connectivity index (χ0n) is 17.1. The first-order chi connectivity index (χ1) is 13.7. The third-order valence-corrected chi connectivity index (χ3v) is 3.88. The summed E-state index contributed by atoms with van der Waals surface area (Å²) in [4.78, 5) is 20.3. The summed E-state index contributed by atoms with van der Waals surface area (Å²) in [5, 5.41) is 6.43. The van der Waals surface area contributed by atoms with Gasteiger partial charge in [-0.05, 0) is 37.9 Å². The number of nitrogens with one attached hydrogen (secondary N) is 1. The van der Waals surface area contributed by atoms with E-state index in [1.807, 2.05) is 31.2 Å². The Bertz CT molecular complexity index is 993. The highest BCUT2D eigenvalue weighted by Crippen LogP contribution is 2.23. The van der Waals surface area contributed by atoms with Crippen LogP contribution in [0.1, 0.15) is 32.0 Å². The molecule has 9 heteroatoms. The number of amides is 1. The summed E-state index contributed by atoms with van der Waals surface area (Å²) in [6.45, 7) is 7.76. The third kappa shape index (κ3) is 5.50. The minimum atomic E-state index is -0.595. The molecule has 3 aromatic rings. The minimum Gasteiger partial charge on any atom is -0.467 e. The summed E-state index contributed by atoms with van der Waals surface area (Å²) in [5.41, 5.74) is 3.22. The van der Waals surface area contributed by atoms with Crippen LogP contribution >= 0.6 is 0 Å². The van der Waals surface area contributed by atoms with E-state index in [4.69, 9.17) is 14.0 Å². The second-order valence-corrected chi connectivity index (χ2v) is 7.44. The van der Waals surface area contributed by atoms with Gasteiger partial charge >= 0.3 is 18.0 Å². The molecule has 9 nitrogen and oxygen atoms in total. The summed E-state index contributed by atoms with van der Waals surface area (Å²) in [6, 6.07) is 8.31. The van der Waals surface area contributed by atoms with Gasteiger partial charge in [0.1, 0.15) is 5.60 Å². The van der Waals surface area contributed by atoms with E-state index < -0.39 is 11.7 Å². The van der Waals surface area contributed by atoms with Gasteiger partial charge in [0, 0.05) is 17.3 Å². The number of nitrogens with zero attached hydrogens (tertiary/aromatic N) is 4. The Kier molecular flexibility index (Phi) is 5.76. The SMILES string of the molecule is COc1ncc(-c2ccc(C[n+]3cc(NC(=O)OC(C)(C)C)on3)cc2)c(C)n1. The average Bonchev–Trinajstić information content (AvgIpc) is 3.07. The lowest BCUT2D eigenvalue weighted by molar-refractivity contribution is -0.754. The van der Waals surface area contributed by atoms with Crippen LogP contribution in [0.25, 0.3) is 11.1 Å². The molecular formula is C20H24N5O4+. The van der Waals surface area contributed by atoms with Gasteiger partial charge in [-0.15, -0.1) is 0 Å². The molecule has 0 saturated carbocycles. The Morgan fingerprint density at radius 1 is 1.24 bits per heavy atom. The number of aryl methyl sites for hydroxylation is 1. The van der Waals surface area contributed by atoms with Gasteiger partial charge < -0.3 is 9.47 Å². The number of rotatable bonds is 5. The minimum absolute atomic E-state index is 0.210. The fraction of sp³-hybridized carbons (Fsp3) is 0.350. The largest absolute Gasteiger partial charge is 0.467 e. The van der Waals surface area contributed by atoms with E-state index in [2.05, 4.69) is 20.6 Å². The van der Waals surface area contributed by atoms with Gasteiger partial charge in [-0.2, -0.15) is 4.98 Å². The lowest BCUT2D eigenvalue weighted by Crippen LogP contribution is -2.35. The molecule has 2 aromatic heterocycles. The van der Waals surface area contributed by atoms with Gasteiger partial charge in [-0.1, -0.05) is 24.3 Å². The summed E-state index contributed by atoms with van der Waals surface area (Å²) in [5.74, 6) is 0.210. The van der Waals surface area contributed by atoms with Gasteiger partial charge in [0.25, 0.3) is 6.20 Å². The molecule has 0 fully saturated rings. The maximum atomic E-state index is 11.8. The highest BCUT2D eigenvalue weighted by Gasteiger charge is 2.20. The molecule has 0 unspecified atom stereocenters. The maximum absolute atomic E-state index is 11.8. The highest BCUT2D eigenvalue weighted by atomic mass is 16.6. The van der Waals surface area contributed by atoms with E-state index in [1.165, 1.54) is 0 Å². The lowest BCUT2D eigenvalue weighted by atomic mass is 10.0. The van der Waals surface area contributed by atoms with Crippen LogP contribution in [0.5, 0.6) is 6.01 Å². The van der Waals surface area contributed by atoms with Gasteiger partial charge in [0.15, 0.2) is 0 Å². The number of hydrogen-bond acceptors (Lipinski definition) is 7. The molecular weight excluding hydrogens is 374 g/mol. The molecule has 0 radical (unpaired) electrons. The number of carbonyl (C=O) groups is 1. The number of aromatic nitrogens is 4. The zero-order chi connectivity index (χ0) is 21.0. The van der Waals surface area contributed by atoms with Gasteiger partial charge in [0.05, 0.1) is 12.8 Å². The molecule has 3 rings (SSSR count). The fourth-order valence-corrected chi connectivity index (χ4v) is 2.62. The van der Waals surface area contributed by atoms with Crippen molar-refractivity contribution < 1.29 is 23.5 Å². The van der Waals surface area contributed by atoms with Gasteiger partial charge in [0.2, 0.25) is 11.8 Å². The number of hydrogen-bond donors (Lipinski definition) is 1. The van der Waals surface area contributed by atoms with Crippen LogP contribution in [0, 0.1) is 6.92 Å². The summed E-state index contributed by atoms with van der Waals surface area (Å²) >= 11 is 0. The number of benzene rings is 1. The maximum Gasteiger partial charge on any atom is 0.414 e. The van der Waals surface area contributed by atoms with Crippen molar-refractivity contribution in [3.63, 3.8) is 0 Å². The van der Waals surface area contributed by atoms with Crippen molar-refractivity contribution >= 4 is 12.0 Å². The molecule has 2 heterocycles. The topological polar surface area (TPSA) is 103 Å². The molecule has 0 aliphatic carbocycles. The molecule has 29 heavy (non-hydrogen) atoms. The van der Waals surface area contributed by atoms with Crippen LogP contribution in [0.3, 0.4) is 0 Å². The van der Waals surface area contributed by atoms with E-state index in [0.29, 0.717) is 12.6 Å². The van der Waals surface area contributed by atoms with E-state index in [1.54, 1.807) is 45.0 Å². The molecule has 1 N–H and O–H groups in total. The van der Waals surface area contributed by atoms with Crippen LogP contribution in [0.2, 0.25) is 0 Å². The molecule has 152 valence electrons. The van der Waals surface area contributed by atoms with E-state index in [9.17, 15) is 4.79 Å². The zero-order valence-corrected chi connectivity index (χ0v) is 17.1. The van der Waals surface area contributed by atoms with Crippen molar-refractivity contribution in [2.75, 3.05) is 12.4 Å². The number of ether oxygens (including phenoxy) is 2. The predicted octanol–water partition coefficient (Wildman–Crippen LogP) is 3.13. The van der Waals surface area contributed by atoms with Crippen LogP contribution < -0.4 is 14.7 Å². The Labute approximate surface area is 168 Å². The van der Waals surface area contributed by atoms with Crippen molar-refractivity contribution in [2.45, 2.75) is 39.8 Å². The highest BCUT2D eigenvalue weighted by molar-refractivity contribution is 5.82. The molecule has 1 aromatic carbocycles. The standard InChI is InChI=1S/C20H23N5O4/c1-13-16(10-21-18(22-13)27-5)15-8-6-14(7-9-15)11-25-12-17(29-24-25)23-19(26)28-20(2,3)4/h6-10,12H,11H2,1-5H3/p+1. The predicted molar refractivity (Wildman–Crippen MR) is 104 cm³/mol. The molecule has 0 aliphatic heterocycles. The molecule has 0 aliphatic rings. The fourth-order valence-electron chi connectivity index (χ4n) is 2.62. The van der Waals surface area contributed by atoms with Crippen LogP contribution in [-0.2, 0) is 11.3 Å². The first kappa shape index (κ1) is 20.2. The smallest absolute Gasteiger partial charge is 0.414 e. The number of anilines is 1.